The summed E-state index contributed by atoms with van der Waals surface area (Å²) in [4.78, 5) is 29.5. The molecule has 0 saturated heterocycles. The molecule has 1 amide bonds. The molecule has 11 heteroatoms. The predicted octanol–water partition coefficient (Wildman–Crippen LogP) is 3.76. The van der Waals surface area contributed by atoms with E-state index >= 15 is 0 Å². The highest BCUT2D eigenvalue weighted by molar-refractivity contribution is 7.15. The highest BCUT2D eigenvalue weighted by Crippen LogP contribution is 2.36. The van der Waals surface area contributed by atoms with Crippen molar-refractivity contribution in [3.8, 4) is 10.6 Å². The average Bonchev–Trinajstić information content (AvgIpc) is 3.10. The summed E-state index contributed by atoms with van der Waals surface area (Å²) in [7, 11) is 0. The van der Waals surface area contributed by atoms with Gasteiger partial charge in [0.2, 0.25) is 11.7 Å². The topological polar surface area (TPSA) is 105 Å². The van der Waals surface area contributed by atoms with Crippen LogP contribution in [-0.2, 0) is 23.7 Å². The van der Waals surface area contributed by atoms with Crippen molar-refractivity contribution in [3.63, 3.8) is 0 Å². The van der Waals surface area contributed by atoms with Crippen LogP contribution in [0.25, 0.3) is 10.6 Å². The molecule has 31 heavy (non-hydrogen) atoms. The van der Waals surface area contributed by atoms with Crippen molar-refractivity contribution in [1.82, 2.24) is 25.3 Å². The Bertz CT molecular complexity index is 1120. The van der Waals surface area contributed by atoms with Crippen LogP contribution < -0.4 is 16.0 Å². The number of anilines is 3. The minimum absolute atomic E-state index is 0.216. The number of halogens is 2. The van der Waals surface area contributed by atoms with Crippen LogP contribution in [0, 0.1) is 6.92 Å². The molecule has 0 fully saturated rings. The first kappa shape index (κ1) is 21.2. The Kier molecular flexibility index (Phi) is 5.63. The minimum Gasteiger partial charge on any atom is -0.339 e. The van der Waals surface area contributed by atoms with Crippen LogP contribution in [0.4, 0.5) is 26.1 Å². The highest BCUT2D eigenvalue weighted by atomic mass is 32.1. The van der Waals surface area contributed by atoms with Crippen LogP contribution in [0.2, 0.25) is 0 Å². The van der Waals surface area contributed by atoms with E-state index < -0.39 is 11.7 Å². The van der Waals surface area contributed by atoms with Crippen LogP contribution >= 0.6 is 11.3 Å². The quantitative estimate of drug-likeness (QED) is 0.549. The fourth-order valence-corrected chi connectivity index (χ4v) is 4.29. The summed E-state index contributed by atoms with van der Waals surface area (Å²) in [5, 5.41) is 9.81. The van der Waals surface area contributed by atoms with Crippen LogP contribution in [0.15, 0.2) is 18.3 Å². The minimum atomic E-state index is -3.17. The fourth-order valence-electron chi connectivity index (χ4n) is 3.19. The molecule has 0 aromatic carbocycles. The zero-order valence-corrected chi connectivity index (χ0v) is 18.0. The van der Waals surface area contributed by atoms with Gasteiger partial charge in [0.05, 0.1) is 16.9 Å². The lowest BCUT2D eigenvalue weighted by Gasteiger charge is -2.15. The van der Waals surface area contributed by atoms with Crippen molar-refractivity contribution in [2.24, 2.45) is 0 Å². The monoisotopic (exact) mass is 445 g/mol. The van der Waals surface area contributed by atoms with Crippen molar-refractivity contribution in [1.29, 1.82) is 0 Å². The number of carbonyl (C=O) groups is 1. The largest absolute Gasteiger partial charge is 0.339 e. The lowest BCUT2D eigenvalue weighted by atomic mass is 10.2. The molecule has 0 unspecified atom stereocenters. The van der Waals surface area contributed by atoms with Gasteiger partial charge in [-0.2, -0.15) is 8.78 Å². The van der Waals surface area contributed by atoms with E-state index in [0.29, 0.717) is 22.8 Å². The fraction of sp³-hybridized carbons (Fsp3) is 0.350. The Labute approximate surface area is 181 Å². The summed E-state index contributed by atoms with van der Waals surface area (Å²) in [5.41, 5.74) is 2.68. The SMILES string of the molecule is CC(=O)Nc1cc(Nc2cc(C)nc(C(C)(F)F)n2)c(-c2nc3c(s2)CNCC3)cn1. The number of hydrogen-bond acceptors (Lipinski definition) is 8. The maximum absolute atomic E-state index is 13.8. The number of hydrogen-bond donors (Lipinski definition) is 3. The van der Waals surface area contributed by atoms with E-state index in [1.54, 1.807) is 36.6 Å². The summed E-state index contributed by atoms with van der Waals surface area (Å²) in [6, 6.07) is 3.21. The van der Waals surface area contributed by atoms with E-state index in [0.717, 1.165) is 42.0 Å². The first-order chi connectivity index (χ1) is 14.7. The number of thiazole rings is 1. The first-order valence-corrected chi connectivity index (χ1v) is 10.5. The van der Waals surface area contributed by atoms with Crippen molar-refractivity contribution in [3.05, 3.63) is 40.4 Å². The molecule has 0 aliphatic carbocycles. The van der Waals surface area contributed by atoms with Crippen LogP contribution in [0.1, 0.15) is 35.9 Å². The number of carbonyl (C=O) groups excluding carboxylic acids is 1. The van der Waals surface area contributed by atoms with Crippen LogP contribution in [0.3, 0.4) is 0 Å². The second-order valence-corrected chi connectivity index (χ2v) is 8.43. The molecule has 0 radical (unpaired) electrons. The number of aryl methyl sites for hydroxylation is 1. The smallest absolute Gasteiger partial charge is 0.303 e. The third-order valence-electron chi connectivity index (χ3n) is 4.55. The predicted molar refractivity (Wildman–Crippen MR) is 115 cm³/mol. The molecule has 1 aliphatic heterocycles. The summed E-state index contributed by atoms with van der Waals surface area (Å²) < 4.78 is 27.6. The summed E-state index contributed by atoms with van der Waals surface area (Å²) in [5.74, 6) is -3.47. The van der Waals surface area contributed by atoms with Gasteiger partial charge >= 0.3 is 5.92 Å². The van der Waals surface area contributed by atoms with Gasteiger partial charge in [0.15, 0.2) is 0 Å². The third-order valence-corrected chi connectivity index (χ3v) is 5.68. The number of amides is 1. The Morgan fingerprint density at radius 1 is 1.23 bits per heavy atom. The van der Waals surface area contributed by atoms with Gasteiger partial charge in [-0.15, -0.1) is 11.3 Å². The van der Waals surface area contributed by atoms with E-state index in [-0.39, 0.29) is 11.7 Å². The maximum atomic E-state index is 13.8. The van der Waals surface area contributed by atoms with Crippen molar-refractivity contribution >= 4 is 34.6 Å². The lowest BCUT2D eigenvalue weighted by molar-refractivity contribution is -0.114. The molecule has 0 atom stereocenters. The Hall–Kier alpha value is -3.05. The van der Waals surface area contributed by atoms with Gasteiger partial charge in [-0.05, 0) is 6.92 Å². The van der Waals surface area contributed by atoms with E-state index in [1.165, 1.54) is 6.92 Å². The zero-order valence-electron chi connectivity index (χ0n) is 17.2. The average molecular weight is 445 g/mol. The number of alkyl halides is 2. The third kappa shape index (κ3) is 4.83. The molecule has 162 valence electrons. The normalized spacial score (nSPS) is 13.6. The summed E-state index contributed by atoms with van der Waals surface area (Å²) in [6.45, 7) is 5.39. The second-order valence-electron chi connectivity index (χ2n) is 7.34. The first-order valence-electron chi connectivity index (χ1n) is 9.67. The van der Waals surface area contributed by atoms with Gasteiger partial charge in [0.1, 0.15) is 16.6 Å². The lowest BCUT2D eigenvalue weighted by Crippen LogP contribution is -2.22. The maximum Gasteiger partial charge on any atom is 0.303 e. The molecule has 3 N–H and O–H groups in total. The summed E-state index contributed by atoms with van der Waals surface area (Å²) in [6.07, 6.45) is 2.45. The number of nitrogens with one attached hydrogen (secondary N) is 3. The van der Waals surface area contributed by atoms with Gasteiger partial charge in [0.25, 0.3) is 0 Å². The molecule has 0 bridgehead atoms. The van der Waals surface area contributed by atoms with Crippen molar-refractivity contribution in [2.75, 3.05) is 17.2 Å². The van der Waals surface area contributed by atoms with Crippen molar-refractivity contribution < 1.29 is 13.6 Å². The number of aromatic nitrogens is 4. The second kappa shape index (κ2) is 8.23. The molecule has 3 aromatic rings. The van der Waals surface area contributed by atoms with Crippen LogP contribution in [0.5, 0.6) is 0 Å². The van der Waals surface area contributed by atoms with E-state index in [9.17, 15) is 13.6 Å². The van der Waals surface area contributed by atoms with Crippen LogP contribution in [-0.4, -0.2) is 32.4 Å². The molecule has 8 nitrogen and oxygen atoms in total. The van der Waals surface area contributed by atoms with Gasteiger partial charge in [-0.3, -0.25) is 4.79 Å². The van der Waals surface area contributed by atoms with Gasteiger partial charge in [0, 0.05) is 62.3 Å². The van der Waals surface area contributed by atoms with Gasteiger partial charge < -0.3 is 16.0 Å². The van der Waals surface area contributed by atoms with Crippen molar-refractivity contribution in [2.45, 2.75) is 39.7 Å². The molecule has 1 aliphatic rings. The van der Waals surface area contributed by atoms with E-state index in [4.69, 9.17) is 4.98 Å². The molecule has 0 saturated carbocycles. The Morgan fingerprint density at radius 3 is 2.74 bits per heavy atom. The van der Waals surface area contributed by atoms with E-state index in [1.807, 2.05) is 0 Å². The summed E-state index contributed by atoms with van der Waals surface area (Å²) >= 11 is 1.55. The highest BCUT2D eigenvalue weighted by Gasteiger charge is 2.29. The molecule has 3 aromatic heterocycles. The molecule has 4 rings (SSSR count). The Morgan fingerprint density at radius 2 is 2.03 bits per heavy atom. The standard InChI is InChI=1S/C20H21F2N7OS/c1-10-6-17(29-19(25-10)20(3,21)22)27-14-7-16(26-11(2)30)24-8-12(14)18-28-13-4-5-23-9-15(13)31-18/h6-8,23H,4-5,9H2,1-3H3,(H2,24,25,26,27,29,30). The molecule has 4 heterocycles. The number of fused-ring (bicyclic) bond motifs is 1. The molecule has 0 spiro atoms. The number of nitrogens with zero attached hydrogens (tertiary/aromatic N) is 4. The molecular formula is C20H21F2N7OS. The number of rotatable bonds is 5. The van der Waals surface area contributed by atoms with E-state index in [2.05, 4.69) is 30.9 Å². The van der Waals surface area contributed by atoms with Gasteiger partial charge in [-0.25, -0.2) is 19.9 Å². The Balaban J connectivity index is 1.77. The molecular weight excluding hydrogens is 424 g/mol. The zero-order chi connectivity index (χ0) is 22.2. The number of pyridine rings is 1. The van der Waals surface area contributed by atoms with Gasteiger partial charge in [-0.1, -0.05) is 0 Å².